The second kappa shape index (κ2) is 7.78. The lowest BCUT2D eigenvalue weighted by Gasteiger charge is -2.44. The Morgan fingerprint density at radius 2 is 2.05 bits per heavy atom. The summed E-state index contributed by atoms with van der Waals surface area (Å²) < 4.78 is 0. The maximum atomic E-state index is 11.8. The minimum Gasteiger partial charge on any atom is -0.369 e. The summed E-state index contributed by atoms with van der Waals surface area (Å²) in [4.78, 5) is 25.4. The number of nitrogens with one attached hydrogen (secondary N) is 1. The van der Waals surface area contributed by atoms with Crippen LogP contribution in [0.3, 0.4) is 0 Å². The van der Waals surface area contributed by atoms with E-state index in [1.807, 2.05) is 0 Å². The van der Waals surface area contributed by atoms with Crippen molar-refractivity contribution in [3.05, 3.63) is 6.42 Å². The molecule has 21 heavy (non-hydrogen) atoms. The Kier molecular flexibility index (Phi) is 6.03. The first-order chi connectivity index (χ1) is 10.1. The Hall–Kier alpha value is -1.10. The van der Waals surface area contributed by atoms with Gasteiger partial charge in [-0.2, -0.15) is 0 Å². The summed E-state index contributed by atoms with van der Waals surface area (Å²) in [5.74, 6) is -0.135. The number of amides is 2. The van der Waals surface area contributed by atoms with Gasteiger partial charge in [0.05, 0.1) is 6.42 Å². The Balaban J connectivity index is 1.71. The third kappa shape index (κ3) is 4.70. The lowest BCUT2D eigenvalue weighted by molar-refractivity contribution is -0.121. The zero-order chi connectivity index (χ0) is 15.2. The van der Waals surface area contributed by atoms with Crippen LogP contribution in [0.15, 0.2) is 0 Å². The molecule has 5 heteroatoms. The molecule has 2 saturated heterocycles. The van der Waals surface area contributed by atoms with Crippen molar-refractivity contribution in [2.75, 3.05) is 19.6 Å². The fraction of sp³-hybridized carbons (Fsp3) is 0.812. The molecular weight excluding hydrogens is 266 g/mol. The summed E-state index contributed by atoms with van der Waals surface area (Å²) in [6.45, 7) is 4.93. The average molecular weight is 294 g/mol. The van der Waals surface area contributed by atoms with Crippen LogP contribution in [0.2, 0.25) is 0 Å². The van der Waals surface area contributed by atoms with E-state index in [-0.39, 0.29) is 17.7 Å². The molecule has 1 radical (unpaired) electrons. The number of hydrogen-bond donors (Lipinski definition) is 2. The SMILES string of the molecule is CC(C[CH]C(=O)NCC1CCCN2CCCC[C@@H]12)C(N)=O. The van der Waals surface area contributed by atoms with Gasteiger partial charge in [-0.25, -0.2) is 0 Å². The molecule has 3 atom stereocenters. The first-order valence-electron chi connectivity index (χ1n) is 8.22. The highest BCUT2D eigenvalue weighted by atomic mass is 16.2. The second-order valence-corrected chi connectivity index (χ2v) is 6.49. The van der Waals surface area contributed by atoms with E-state index in [0.29, 0.717) is 18.4 Å². The second-order valence-electron chi connectivity index (χ2n) is 6.49. The number of hydrogen-bond acceptors (Lipinski definition) is 3. The molecule has 0 aromatic carbocycles. The van der Waals surface area contributed by atoms with Gasteiger partial charge in [-0.05, 0) is 51.1 Å². The predicted molar refractivity (Wildman–Crippen MR) is 82.2 cm³/mol. The van der Waals surface area contributed by atoms with Gasteiger partial charge in [0.15, 0.2) is 0 Å². The van der Waals surface area contributed by atoms with Crippen molar-refractivity contribution >= 4 is 11.8 Å². The number of rotatable bonds is 6. The third-order valence-electron chi connectivity index (χ3n) is 4.91. The molecule has 3 N–H and O–H groups in total. The number of primary amides is 1. The van der Waals surface area contributed by atoms with Crippen molar-refractivity contribution in [2.45, 2.75) is 51.5 Å². The van der Waals surface area contributed by atoms with Crippen molar-refractivity contribution in [2.24, 2.45) is 17.6 Å². The molecule has 0 bridgehead atoms. The Morgan fingerprint density at radius 1 is 1.29 bits per heavy atom. The molecule has 2 aliphatic rings. The van der Waals surface area contributed by atoms with Gasteiger partial charge in [0, 0.05) is 18.5 Å². The normalized spacial score (nSPS) is 27.7. The van der Waals surface area contributed by atoms with Gasteiger partial charge in [-0.1, -0.05) is 13.3 Å². The highest BCUT2D eigenvalue weighted by Crippen LogP contribution is 2.30. The van der Waals surface area contributed by atoms with Crippen molar-refractivity contribution in [1.29, 1.82) is 0 Å². The molecule has 5 nitrogen and oxygen atoms in total. The number of nitrogens with two attached hydrogens (primary N) is 1. The van der Waals surface area contributed by atoms with Crippen LogP contribution in [0.25, 0.3) is 0 Å². The smallest absolute Gasteiger partial charge is 0.223 e. The first-order valence-corrected chi connectivity index (χ1v) is 8.22. The third-order valence-corrected chi connectivity index (χ3v) is 4.91. The standard InChI is InChI=1S/C16H28N3O2/c1-12(16(17)21)7-8-15(20)18-11-13-5-4-10-19-9-3-2-6-14(13)19/h8,12-14H,2-7,9-11H2,1H3,(H2,17,21)(H,18,20)/t12?,13?,14-/m0/s1. The van der Waals surface area contributed by atoms with E-state index in [4.69, 9.17) is 5.73 Å². The van der Waals surface area contributed by atoms with E-state index in [2.05, 4.69) is 10.2 Å². The van der Waals surface area contributed by atoms with Gasteiger partial charge < -0.3 is 16.0 Å². The number of carbonyl (C=O) groups excluding carboxylic acids is 2. The topological polar surface area (TPSA) is 75.4 Å². The van der Waals surface area contributed by atoms with Crippen LogP contribution >= 0.6 is 0 Å². The molecular formula is C16H28N3O2. The first kappa shape index (κ1) is 16.3. The van der Waals surface area contributed by atoms with Crippen LogP contribution in [0.5, 0.6) is 0 Å². The van der Waals surface area contributed by atoms with Gasteiger partial charge in [0.1, 0.15) is 0 Å². The van der Waals surface area contributed by atoms with Crippen molar-refractivity contribution in [1.82, 2.24) is 10.2 Å². The molecule has 2 amide bonds. The van der Waals surface area contributed by atoms with Gasteiger partial charge in [-0.15, -0.1) is 0 Å². The largest absolute Gasteiger partial charge is 0.369 e. The molecule has 2 heterocycles. The fourth-order valence-electron chi connectivity index (χ4n) is 3.52. The maximum Gasteiger partial charge on any atom is 0.223 e. The molecule has 0 aromatic rings. The van der Waals surface area contributed by atoms with Crippen molar-refractivity contribution in [3.8, 4) is 0 Å². The van der Waals surface area contributed by atoms with Gasteiger partial charge >= 0.3 is 0 Å². The predicted octanol–water partition coefficient (Wildman–Crippen LogP) is 1.08. The lowest BCUT2D eigenvalue weighted by atomic mass is 9.83. The molecule has 119 valence electrons. The van der Waals surface area contributed by atoms with E-state index >= 15 is 0 Å². The van der Waals surface area contributed by atoms with Crippen LogP contribution in [-0.2, 0) is 9.59 Å². The Morgan fingerprint density at radius 3 is 2.81 bits per heavy atom. The molecule has 2 fully saturated rings. The zero-order valence-corrected chi connectivity index (χ0v) is 13.0. The van der Waals surface area contributed by atoms with E-state index in [1.165, 1.54) is 45.2 Å². The monoisotopic (exact) mass is 294 g/mol. The maximum absolute atomic E-state index is 11.8. The molecule has 0 spiro atoms. The number of nitrogens with zero attached hydrogens (tertiary/aromatic N) is 1. The van der Waals surface area contributed by atoms with Crippen LogP contribution in [-0.4, -0.2) is 42.4 Å². The Labute approximate surface area is 127 Å². The van der Waals surface area contributed by atoms with Crippen LogP contribution in [0, 0.1) is 18.3 Å². The van der Waals surface area contributed by atoms with E-state index in [0.717, 1.165) is 6.54 Å². The van der Waals surface area contributed by atoms with Crippen molar-refractivity contribution < 1.29 is 9.59 Å². The van der Waals surface area contributed by atoms with Crippen LogP contribution in [0.1, 0.15) is 45.4 Å². The summed E-state index contributed by atoms with van der Waals surface area (Å²) in [6, 6.07) is 0.650. The average Bonchev–Trinajstić information content (AvgIpc) is 2.50. The quantitative estimate of drug-likeness (QED) is 0.770. The molecule has 0 saturated carbocycles. The molecule has 2 rings (SSSR count). The summed E-state index contributed by atoms with van der Waals surface area (Å²) in [7, 11) is 0. The number of carbonyl (C=O) groups is 2. The van der Waals surface area contributed by atoms with E-state index in [9.17, 15) is 9.59 Å². The van der Waals surface area contributed by atoms with Gasteiger partial charge in [-0.3, -0.25) is 9.59 Å². The minimum absolute atomic E-state index is 0.0731. The molecule has 0 aliphatic carbocycles. The van der Waals surface area contributed by atoms with E-state index < -0.39 is 0 Å². The van der Waals surface area contributed by atoms with Crippen molar-refractivity contribution in [3.63, 3.8) is 0 Å². The number of piperidine rings is 2. The van der Waals surface area contributed by atoms with Gasteiger partial charge in [0.25, 0.3) is 0 Å². The number of fused-ring (bicyclic) bond motifs is 1. The summed E-state index contributed by atoms with van der Waals surface area (Å²) >= 11 is 0. The Bertz CT molecular complexity index is 371. The molecule has 2 aliphatic heterocycles. The highest BCUT2D eigenvalue weighted by molar-refractivity contribution is 5.85. The molecule has 0 aromatic heterocycles. The highest BCUT2D eigenvalue weighted by Gasteiger charge is 2.32. The van der Waals surface area contributed by atoms with E-state index in [1.54, 1.807) is 13.3 Å². The minimum atomic E-state index is -0.357. The van der Waals surface area contributed by atoms with Crippen LogP contribution in [0.4, 0.5) is 0 Å². The zero-order valence-electron chi connectivity index (χ0n) is 13.0. The lowest BCUT2D eigenvalue weighted by Crippen LogP contribution is -2.51. The van der Waals surface area contributed by atoms with Gasteiger partial charge in [0.2, 0.25) is 11.8 Å². The fourth-order valence-corrected chi connectivity index (χ4v) is 3.52. The summed E-state index contributed by atoms with van der Waals surface area (Å²) in [5.41, 5.74) is 5.19. The summed E-state index contributed by atoms with van der Waals surface area (Å²) in [5, 5.41) is 3.01. The summed E-state index contributed by atoms with van der Waals surface area (Å²) in [6.07, 6.45) is 8.31. The van der Waals surface area contributed by atoms with Crippen LogP contribution < -0.4 is 11.1 Å². The molecule has 2 unspecified atom stereocenters.